The summed E-state index contributed by atoms with van der Waals surface area (Å²) in [5.41, 5.74) is 6.13. The summed E-state index contributed by atoms with van der Waals surface area (Å²) in [6, 6.07) is 8.18. The van der Waals surface area contributed by atoms with Gasteiger partial charge in [-0.05, 0) is 107 Å². The van der Waals surface area contributed by atoms with Crippen LogP contribution < -0.4 is 15.8 Å². The van der Waals surface area contributed by atoms with Crippen molar-refractivity contribution in [1.29, 1.82) is 0 Å². The minimum Gasteiger partial charge on any atom is -0.368 e. The molecule has 18 heteroatoms. The average Bonchev–Trinajstić information content (AvgIpc) is 4.05. The number of rotatable bonds is 16. The Labute approximate surface area is 416 Å². The second kappa shape index (κ2) is 22.5. The molecule has 4 fully saturated rings. The van der Waals surface area contributed by atoms with Gasteiger partial charge in [0, 0.05) is 115 Å². The summed E-state index contributed by atoms with van der Waals surface area (Å²) < 4.78 is 2.41. The van der Waals surface area contributed by atoms with Crippen molar-refractivity contribution in [2.75, 3.05) is 96.5 Å². The van der Waals surface area contributed by atoms with Crippen molar-refractivity contribution in [3.8, 4) is 0 Å². The van der Waals surface area contributed by atoms with E-state index in [4.69, 9.17) is 10.1 Å². The van der Waals surface area contributed by atoms with Crippen molar-refractivity contribution < 1.29 is 9.59 Å². The monoisotopic (exact) mass is 973 g/mol. The maximum atomic E-state index is 13.5. The van der Waals surface area contributed by atoms with E-state index >= 15 is 0 Å². The number of amides is 2. The van der Waals surface area contributed by atoms with Crippen LogP contribution in [0.15, 0.2) is 41.5 Å². The highest BCUT2D eigenvalue weighted by molar-refractivity contribution is 7.11. The lowest BCUT2D eigenvalue weighted by atomic mass is 9.95. The number of aromatic amines is 1. The van der Waals surface area contributed by atoms with Crippen molar-refractivity contribution >= 4 is 39.9 Å². The third-order valence-corrected chi connectivity index (χ3v) is 16.6. The van der Waals surface area contributed by atoms with Crippen LogP contribution in [0.3, 0.4) is 0 Å². The maximum absolute atomic E-state index is 13.5. The fourth-order valence-corrected chi connectivity index (χ4v) is 12.4. The summed E-state index contributed by atoms with van der Waals surface area (Å²) in [7, 11) is 0. The number of aromatic nitrogens is 7. The largest absolute Gasteiger partial charge is 0.368 e. The van der Waals surface area contributed by atoms with Crippen LogP contribution in [0.25, 0.3) is 11.0 Å². The number of aryl methyl sites for hydroxylation is 4. The van der Waals surface area contributed by atoms with Crippen LogP contribution in [0.4, 0.5) is 5.69 Å². The third-order valence-electron chi connectivity index (χ3n) is 15.6. The maximum Gasteiger partial charge on any atom is 0.272 e. The predicted molar refractivity (Wildman–Crippen MR) is 273 cm³/mol. The first-order valence-corrected chi connectivity index (χ1v) is 27.1. The number of anilines is 1. The first kappa shape index (κ1) is 48.5. The molecular weight excluding hydrogens is 901 g/mol. The van der Waals surface area contributed by atoms with Crippen molar-refractivity contribution in [3.05, 3.63) is 91.1 Å². The van der Waals surface area contributed by atoms with E-state index in [0.717, 1.165) is 176 Å². The van der Waals surface area contributed by atoms with Crippen molar-refractivity contribution in [1.82, 2.24) is 64.5 Å². The molecule has 5 aliphatic rings. The van der Waals surface area contributed by atoms with Gasteiger partial charge in [0.05, 0.1) is 47.7 Å². The van der Waals surface area contributed by atoms with Crippen LogP contribution in [-0.4, -0.2) is 163 Å². The summed E-state index contributed by atoms with van der Waals surface area (Å²) >= 11 is 1.82. The van der Waals surface area contributed by atoms with Gasteiger partial charge in [0.25, 0.3) is 11.5 Å². The molecule has 2 N–H and O–H groups in total. The molecule has 0 radical (unpaired) electrons. The number of hydrogen-bond acceptors (Lipinski definition) is 14. The lowest BCUT2D eigenvalue weighted by Crippen LogP contribution is -2.51. The van der Waals surface area contributed by atoms with Gasteiger partial charge in [-0.15, -0.1) is 21.5 Å². The molecule has 5 aliphatic heterocycles. The number of likely N-dealkylation sites (tertiary alicyclic amines) is 2. The van der Waals surface area contributed by atoms with E-state index < -0.39 is 0 Å². The summed E-state index contributed by atoms with van der Waals surface area (Å²) in [6.07, 6.45) is 15.3. The minimum absolute atomic E-state index is 0.0181. The van der Waals surface area contributed by atoms with Gasteiger partial charge in [-0.1, -0.05) is 13.3 Å². The van der Waals surface area contributed by atoms with Crippen LogP contribution in [0.2, 0.25) is 0 Å². The molecule has 0 unspecified atom stereocenters. The molecule has 0 aliphatic carbocycles. The minimum atomic E-state index is -0.0375. The third kappa shape index (κ3) is 11.6. The van der Waals surface area contributed by atoms with Crippen molar-refractivity contribution in [2.45, 2.75) is 110 Å². The first-order valence-electron chi connectivity index (χ1n) is 26.3. The normalized spacial score (nSPS) is 20.3. The highest BCUT2D eigenvalue weighted by Crippen LogP contribution is 2.35. The van der Waals surface area contributed by atoms with Crippen LogP contribution in [0.5, 0.6) is 0 Å². The van der Waals surface area contributed by atoms with E-state index in [0.29, 0.717) is 37.2 Å². The fraction of sp³-hybridized carbons (Fsp3) is 0.615. The highest BCUT2D eigenvalue weighted by Gasteiger charge is 2.33. The van der Waals surface area contributed by atoms with E-state index in [-0.39, 0.29) is 17.4 Å². The summed E-state index contributed by atoms with van der Waals surface area (Å²) in [6.45, 7) is 18.8. The Kier molecular flexibility index (Phi) is 15.6. The molecule has 2 amide bonds. The zero-order chi connectivity index (χ0) is 48.0. The van der Waals surface area contributed by atoms with Gasteiger partial charge >= 0.3 is 0 Å². The van der Waals surface area contributed by atoms with Gasteiger partial charge in [0.15, 0.2) is 0 Å². The number of fused-ring (bicyclic) bond motifs is 2. The van der Waals surface area contributed by atoms with Crippen LogP contribution in [0, 0.1) is 12.8 Å². The summed E-state index contributed by atoms with van der Waals surface area (Å²) in [4.78, 5) is 71.5. The van der Waals surface area contributed by atoms with E-state index in [1.54, 1.807) is 0 Å². The Hall–Kier alpha value is -5.14. The number of hydrogen-bond donors (Lipinski definition) is 2. The van der Waals surface area contributed by atoms with Gasteiger partial charge in [-0.2, -0.15) is 0 Å². The Morgan fingerprint density at radius 2 is 1.64 bits per heavy atom. The number of pyridine rings is 3. The van der Waals surface area contributed by atoms with Gasteiger partial charge in [0.1, 0.15) is 22.4 Å². The number of H-pyrrole nitrogens is 1. The smallest absolute Gasteiger partial charge is 0.272 e. The number of piperazine rings is 2. The summed E-state index contributed by atoms with van der Waals surface area (Å²) in [5, 5.41) is 13.6. The molecule has 5 aromatic rings. The number of piperidine rings is 1. The topological polar surface area (TPSA) is 168 Å². The number of carbonyl (C=O) groups excluding carboxylic acids is 2. The van der Waals surface area contributed by atoms with E-state index in [9.17, 15) is 14.4 Å². The zero-order valence-corrected chi connectivity index (χ0v) is 42.2. The van der Waals surface area contributed by atoms with Crippen LogP contribution in [0.1, 0.15) is 113 Å². The van der Waals surface area contributed by atoms with E-state index in [2.05, 4.69) is 61.4 Å². The molecule has 5 aromatic heterocycles. The molecule has 17 nitrogen and oxygen atoms in total. The number of carbonyl (C=O) groups is 2. The first-order chi connectivity index (χ1) is 34.2. The fourth-order valence-electron chi connectivity index (χ4n) is 11.4. The second-order valence-corrected chi connectivity index (χ2v) is 21.6. The van der Waals surface area contributed by atoms with Gasteiger partial charge in [-0.25, -0.2) is 9.97 Å². The van der Waals surface area contributed by atoms with Crippen molar-refractivity contribution in [3.63, 3.8) is 0 Å². The molecule has 1 atom stereocenters. The lowest BCUT2D eigenvalue weighted by molar-refractivity contribution is -0.122. The molecule has 0 bridgehead atoms. The Morgan fingerprint density at radius 1 is 0.829 bits per heavy atom. The molecule has 4 saturated heterocycles. The average molecular weight is 973 g/mol. The molecule has 0 saturated carbocycles. The molecule has 0 aromatic carbocycles. The van der Waals surface area contributed by atoms with E-state index in [1.165, 1.54) is 41.3 Å². The Balaban J connectivity index is 0.588. The molecule has 10 rings (SSSR count). The summed E-state index contributed by atoms with van der Waals surface area (Å²) in [5.74, 6) is 3.01. The molecule has 70 heavy (non-hydrogen) atoms. The molecule has 0 spiro atoms. The molecule has 10 heterocycles. The lowest BCUT2D eigenvalue weighted by Gasteiger charge is -2.38. The van der Waals surface area contributed by atoms with Crippen LogP contribution >= 0.6 is 11.3 Å². The zero-order valence-electron chi connectivity index (χ0n) is 41.4. The van der Waals surface area contributed by atoms with Gasteiger partial charge in [-0.3, -0.25) is 34.1 Å². The van der Waals surface area contributed by atoms with Gasteiger partial charge < -0.3 is 29.6 Å². The van der Waals surface area contributed by atoms with Gasteiger partial charge in [0.2, 0.25) is 5.91 Å². The second-order valence-electron chi connectivity index (χ2n) is 20.4. The molecular formula is C52H72N14O3S. The quantitative estimate of drug-likeness (QED) is 0.129. The van der Waals surface area contributed by atoms with E-state index in [1.807, 2.05) is 59.8 Å². The Bertz CT molecular complexity index is 2620. The predicted octanol–water partition coefficient (Wildman–Crippen LogP) is 4.84. The molecule has 374 valence electrons. The highest BCUT2D eigenvalue weighted by atomic mass is 32.1. The Morgan fingerprint density at radius 3 is 2.44 bits per heavy atom. The van der Waals surface area contributed by atoms with Crippen molar-refractivity contribution in [2.24, 2.45) is 5.92 Å². The standard InChI is InChI=1S/C52H72N14O3S/c1-3-40-30-44-45(57-51(40)68)29-39(31-54-44)34-61-25-27-63(28-26-61)41-12-13-43(55-32-41)52(69)64-19-14-38(15-20-64)33-60-21-23-62(24-22-60)35-48(67)53-16-7-9-42-37(2)70-49(56-42)36-65-17-8-10-46(65)50-59-58-47-11-5-4-6-18-66(47)50/h12-13,29-32,38,46H,3-11,14-28,33-36H2,1-2H3,(H,53,67)(H,57,68)/t46-/m0/s1. The van der Waals surface area contributed by atoms with Crippen LogP contribution in [-0.2, 0) is 43.7 Å². The number of thiazole rings is 1. The SMILES string of the molecule is CCc1cc2ncc(CN3CCN(c4ccc(C(=O)N5CCC(CN6CCN(CC(=O)NCCCc7nc(CN8CCC[C@H]8c8nnc9n8CCCCC9)sc7C)CC6)CC5)nc4)CC3)cc2[nH]c1=O. The number of nitrogens with zero attached hydrogens (tertiary/aromatic N) is 12. The number of nitrogens with one attached hydrogen (secondary N) is 2.